The normalized spacial score (nSPS) is 10.5. The van der Waals surface area contributed by atoms with Crippen molar-refractivity contribution in [1.82, 2.24) is 15.1 Å². The second kappa shape index (κ2) is 7.44. The Labute approximate surface area is 123 Å². The van der Waals surface area contributed by atoms with Crippen LogP contribution in [0.3, 0.4) is 0 Å². The minimum atomic E-state index is -0.479. The Hall–Kier alpha value is -2.34. The van der Waals surface area contributed by atoms with E-state index in [0.29, 0.717) is 5.75 Å². The van der Waals surface area contributed by atoms with Crippen LogP contribution >= 0.6 is 0 Å². The lowest BCUT2D eigenvalue weighted by Gasteiger charge is -2.08. The quantitative estimate of drug-likeness (QED) is 0.705. The van der Waals surface area contributed by atoms with E-state index < -0.39 is 5.91 Å². The van der Waals surface area contributed by atoms with Crippen molar-refractivity contribution in [3.63, 3.8) is 0 Å². The maximum absolute atomic E-state index is 10.7. The molecule has 3 N–H and O–H groups in total. The number of hydrogen-bond acceptors (Lipinski definition) is 4. The van der Waals surface area contributed by atoms with Gasteiger partial charge in [0, 0.05) is 19.3 Å². The van der Waals surface area contributed by atoms with E-state index in [2.05, 4.69) is 10.4 Å². The summed E-state index contributed by atoms with van der Waals surface area (Å²) in [5, 5.41) is 7.57. The predicted octanol–water partition coefficient (Wildman–Crippen LogP) is 0.845. The molecule has 0 aliphatic carbocycles. The SMILES string of the molecule is Cc1cnn(CCNCc2cccc(OCC(N)=O)c2)c1. The Morgan fingerprint density at radius 1 is 1.48 bits per heavy atom. The van der Waals surface area contributed by atoms with Crippen LogP contribution in [0.25, 0.3) is 0 Å². The first-order chi connectivity index (χ1) is 10.1. The fourth-order valence-corrected chi connectivity index (χ4v) is 1.92. The van der Waals surface area contributed by atoms with Gasteiger partial charge in [-0.15, -0.1) is 0 Å². The van der Waals surface area contributed by atoms with Crippen LogP contribution in [-0.2, 0) is 17.9 Å². The lowest BCUT2D eigenvalue weighted by Crippen LogP contribution is -2.21. The van der Waals surface area contributed by atoms with Gasteiger partial charge in [-0.05, 0) is 30.2 Å². The lowest BCUT2D eigenvalue weighted by molar-refractivity contribution is -0.119. The molecule has 0 aliphatic rings. The minimum absolute atomic E-state index is 0.102. The van der Waals surface area contributed by atoms with Gasteiger partial charge in [0.15, 0.2) is 6.61 Å². The highest BCUT2D eigenvalue weighted by molar-refractivity contribution is 5.75. The number of hydrogen-bond donors (Lipinski definition) is 2. The molecule has 1 amide bonds. The van der Waals surface area contributed by atoms with E-state index in [-0.39, 0.29) is 6.61 Å². The number of benzene rings is 1. The highest BCUT2D eigenvalue weighted by Gasteiger charge is 2.00. The molecule has 0 saturated heterocycles. The molecular weight excluding hydrogens is 268 g/mol. The van der Waals surface area contributed by atoms with Gasteiger partial charge in [0.05, 0.1) is 12.7 Å². The summed E-state index contributed by atoms with van der Waals surface area (Å²) < 4.78 is 7.18. The number of aromatic nitrogens is 2. The van der Waals surface area contributed by atoms with Crippen LogP contribution in [0.5, 0.6) is 5.75 Å². The lowest BCUT2D eigenvalue weighted by atomic mass is 10.2. The molecule has 1 heterocycles. The second-order valence-electron chi connectivity index (χ2n) is 4.86. The van der Waals surface area contributed by atoms with Crippen molar-refractivity contribution in [2.24, 2.45) is 5.73 Å². The largest absolute Gasteiger partial charge is 0.484 e. The van der Waals surface area contributed by atoms with Crippen molar-refractivity contribution in [2.75, 3.05) is 13.2 Å². The topological polar surface area (TPSA) is 82.2 Å². The standard InChI is InChI=1S/C15H20N4O2/c1-12-8-18-19(10-12)6-5-17-9-13-3-2-4-14(7-13)21-11-15(16)20/h2-4,7-8,10,17H,5-6,9,11H2,1H3,(H2,16,20). The Morgan fingerprint density at radius 2 is 2.33 bits per heavy atom. The third-order valence-corrected chi connectivity index (χ3v) is 2.89. The highest BCUT2D eigenvalue weighted by atomic mass is 16.5. The zero-order chi connectivity index (χ0) is 15.1. The van der Waals surface area contributed by atoms with Crippen LogP contribution in [0.2, 0.25) is 0 Å². The average molecular weight is 288 g/mol. The predicted molar refractivity (Wildman–Crippen MR) is 79.8 cm³/mol. The fraction of sp³-hybridized carbons (Fsp3) is 0.333. The van der Waals surface area contributed by atoms with E-state index in [9.17, 15) is 4.79 Å². The van der Waals surface area contributed by atoms with Gasteiger partial charge in [0.25, 0.3) is 5.91 Å². The summed E-state index contributed by atoms with van der Waals surface area (Å²) in [6.07, 6.45) is 3.86. The summed E-state index contributed by atoms with van der Waals surface area (Å²) in [6, 6.07) is 7.60. The molecule has 2 aromatic rings. The third kappa shape index (κ3) is 5.27. The van der Waals surface area contributed by atoms with Gasteiger partial charge in [-0.25, -0.2) is 0 Å². The molecule has 6 nitrogen and oxygen atoms in total. The van der Waals surface area contributed by atoms with E-state index in [4.69, 9.17) is 10.5 Å². The summed E-state index contributed by atoms with van der Waals surface area (Å²) in [5.41, 5.74) is 7.30. The van der Waals surface area contributed by atoms with E-state index in [1.165, 1.54) is 0 Å². The second-order valence-corrected chi connectivity index (χ2v) is 4.86. The minimum Gasteiger partial charge on any atom is -0.484 e. The number of nitrogens with two attached hydrogens (primary N) is 1. The number of carbonyl (C=O) groups is 1. The summed E-state index contributed by atoms with van der Waals surface area (Å²) in [4.78, 5) is 10.7. The third-order valence-electron chi connectivity index (χ3n) is 2.89. The van der Waals surface area contributed by atoms with Crippen molar-refractivity contribution in [2.45, 2.75) is 20.0 Å². The van der Waals surface area contributed by atoms with Gasteiger partial charge in [-0.3, -0.25) is 9.48 Å². The number of aryl methyl sites for hydroxylation is 1. The average Bonchev–Trinajstić information content (AvgIpc) is 2.87. The number of primary amides is 1. The number of ether oxygens (including phenoxy) is 1. The molecule has 112 valence electrons. The zero-order valence-corrected chi connectivity index (χ0v) is 12.1. The maximum atomic E-state index is 10.7. The molecule has 0 radical (unpaired) electrons. The number of nitrogens with zero attached hydrogens (tertiary/aromatic N) is 2. The molecule has 0 atom stereocenters. The molecule has 6 heteroatoms. The van der Waals surface area contributed by atoms with Crippen molar-refractivity contribution in [1.29, 1.82) is 0 Å². The molecule has 0 unspecified atom stereocenters. The molecule has 2 rings (SSSR count). The monoisotopic (exact) mass is 288 g/mol. The van der Waals surface area contributed by atoms with E-state index in [1.54, 1.807) is 6.07 Å². The van der Waals surface area contributed by atoms with Crippen molar-refractivity contribution in [3.05, 3.63) is 47.8 Å². The van der Waals surface area contributed by atoms with Crippen molar-refractivity contribution in [3.8, 4) is 5.75 Å². The van der Waals surface area contributed by atoms with Gasteiger partial charge in [0.2, 0.25) is 0 Å². The first kappa shape index (κ1) is 15.1. The van der Waals surface area contributed by atoms with Gasteiger partial charge in [0.1, 0.15) is 5.75 Å². The Kier molecular flexibility index (Phi) is 5.34. The molecular formula is C15H20N4O2. The molecule has 1 aromatic heterocycles. The van der Waals surface area contributed by atoms with Crippen molar-refractivity contribution < 1.29 is 9.53 Å². The van der Waals surface area contributed by atoms with Crippen molar-refractivity contribution >= 4 is 5.91 Å². The molecule has 0 spiro atoms. The highest BCUT2D eigenvalue weighted by Crippen LogP contribution is 2.12. The fourth-order valence-electron chi connectivity index (χ4n) is 1.92. The Morgan fingerprint density at radius 3 is 3.05 bits per heavy atom. The number of amides is 1. The summed E-state index contributed by atoms with van der Waals surface area (Å²) in [6.45, 7) is 4.30. The zero-order valence-electron chi connectivity index (χ0n) is 12.1. The molecule has 0 aliphatic heterocycles. The van der Waals surface area contributed by atoms with Crippen LogP contribution in [0.15, 0.2) is 36.7 Å². The van der Waals surface area contributed by atoms with E-state index >= 15 is 0 Å². The maximum Gasteiger partial charge on any atom is 0.255 e. The van der Waals surface area contributed by atoms with Crippen LogP contribution in [0.1, 0.15) is 11.1 Å². The molecule has 1 aromatic carbocycles. The molecule has 21 heavy (non-hydrogen) atoms. The van der Waals surface area contributed by atoms with Crippen LogP contribution in [0, 0.1) is 6.92 Å². The van der Waals surface area contributed by atoms with E-state index in [1.807, 2.05) is 42.2 Å². The Balaban J connectivity index is 1.75. The number of carbonyl (C=O) groups excluding carboxylic acids is 1. The smallest absolute Gasteiger partial charge is 0.255 e. The van der Waals surface area contributed by atoms with Gasteiger partial charge in [-0.1, -0.05) is 12.1 Å². The first-order valence-electron chi connectivity index (χ1n) is 6.83. The molecule has 0 fully saturated rings. The van der Waals surface area contributed by atoms with E-state index in [0.717, 1.165) is 30.8 Å². The first-order valence-corrected chi connectivity index (χ1v) is 6.83. The van der Waals surface area contributed by atoms with Gasteiger partial charge < -0.3 is 15.8 Å². The van der Waals surface area contributed by atoms with Gasteiger partial charge in [-0.2, -0.15) is 5.10 Å². The number of rotatable bonds is 8. The molecule has 0 bridgehead atoms. The van der Waals surface area contributed by atoms with Crippen LogP contribution < -0.4 is 15.8 Å². The summed E-state index contributed by atoms with van der Waals surface area (Å²) in [7, 11) is 0. The number of nitrogens with one attached hydrogen (secondary N) is 1. The Bertz CT molecular complexity index is 595. The van der Waals surface area contributed by atoms with Crippen LogP contribution in [-0.4, -0.2) is 28.8 Å². The van der Waals surface area contributed by atoms with Gasteiger partial charge >= 0.3 is 0 Å². The molecule has 0 saturated carbocycles. The summed E-state index contributed by atoms with van der Waals surface area (Å²) in [5.74, 6) is 0.170. The summed E-state index contributed by atoms with van der Waals surface area (Å²) >= 11 is 0. The van der Waals surface area contributed by atoms with Crippen LogP contribution in [0.4, 0.5) is 0 Å².